The summed E-state index contributed by atoms with van der Waals surface area (Å²) < 4.78 is 9.47. The van der Waals surface area contributed by atoms with E-state index in [-0.39, 0.29) is 12.0 Å². The van der Waals surface area contributed by atoms with Crippen molar-refractivity contribution < 1.29 is 23.9 Å². The first-order valence-electron chi connectivity index (χ1n) is 9.20. The SMILES string of the molecule is COC(=O)c1ccc(N2CCN(C(=O)Nc3ccccc3C(=O)OC)CC2)cc1. The molecule has 1 aliphatic heterocycles. The average molecular weight is 397 g/mol. The molecular weight excluding hydrogens is 374 g/mol. The minimum Gasteiger partial charge on any atom is -0.465 e. The third-order valence-electron chi connectivity index (χ3n) is 4.79. The zero-order valence-electron chi connectivity index (χ0n) is 16.4. The number of methoxy groups -OCH3 is 2. The summed E-state index contributed by atoms with van der Waals surface area (Å²) in [5, 5.41) is 2.79. The summed E-state index contributed by atoms with van der Waals surface area (Å²) in [4.78, 5) is 39.9. The van der Waals surface area contributed by atoms with E-state index in [2.05, 4.69) is 10.2 Å². The number of hydrogen-bond acceptors (Lipinski definition) is 6. The molecule has 0 aliphatic carbocycles. The highest BCUT2D eigenvalue weighted by molar-refractivity contribution is 6.00. The third kappa shape index (κ3) is 4.66. The van der Waals surface area contributed by atoms with Crippen molar-refractivity contribution in [3.63, 3.8) is 0 Å². The number of amides is 2. The molecule has 8 nitrogen and oxygen atoms in total. The van der Waals surface area contributed by atoms with Gasteiger partial charge in [0.15, 0.2) is 0 Å². The van der Waals surface area contributed by atoms with Crippen LogP contribution < -0.4 is 10.2 Å². The van der Waals surface area contributed by atoms with Gasteiger partial charge < -0.3 is 24.6 Å². The van der Waals surface area contributed by atoms with Gasteiger partial charge in [0.2, 0.25) is 0 Å². The van der Waals surface area contributed by atoms with Crippen molar-refractivity contribution in [2.24, 2.45) is 0 Å². The summed E-state index contributed by atoms with van der Waals surface area (Å²) in [6.45, 7) is 2.38. The number of nitrogens with zero attached hydrogens (tertiary/aromatic N) is 2. The number of esters is 2. The molecule has 2 aromatic rings. The number of rotatable bonds is 4. The van der Waals surface area contributed by atoms with Gasteiger partial charge in [0.05, 0.1) is 31.0 Å². The molecular formula is C21H23N3O5. The lowest BCUT2D eigenvalue weighted by Gasteiger charge is -2.36. The maximum absolute atomic E-state index is 12.6. The van der Waals surface area contributed by atoms with E-state index in [4.69, 9.17) is 9.47 Å². The number of hydrogen-bond donors (Lipinski definition) is 1. The van der Waals surface area contributed by atoms with Crippen LogP contribution in [0.5, 0.6) is 0 Å². The fourth-order valence-electron chi connectivity index (χ4n) is 3.17. The van der Waals surface area contributed by atoms with Gasteiger partial charge in [-0.3, -0.25) is 0 Å². The number of para-hydroxylation sites is 1. The van der Waals surface area contributed by atoms with Gasteiger partial charge in [-0.1, -0.05) is 12.1 Å². The quantitative estimate of drug-likeness (QED) is 0.798. The van der Waals surface area contributed by atoms with Crippen LogP contribution in [0.15, 0.2) is 48.5 Å². The van der Waals surface area contributed by atoms with Crippen molar-refractivity contribution >= 4 is 29.3 Å². The van der Waals surface area contributed by atoms with Gasteiger partial charge in [-0.05, 0) is 36.4 Å². The Morgan fingerprint density at radius 1 is 0.828 bits per heavy atom. The Morgan fingerprint density at radius 3 is 2.07 bits per heavy atom. The number of ether oxygens (including phenoxy) is 2. The lowest BCUT2D eigenvalue weighted by atomic mass is 10.1. The van der Waals surface area contributed by atoms with Gasteiger partial charge in [0, 0.05) is 31.9 Å². The number of carbonyl (C=O) groups excluding carboxylic acids is 3. The summed E-state index contributed by atoms with van der Waals surface area (Å²) >= 11 is 0. The normalized spacial score (nSPS) is 13.6. The van der Waals surface area contributed by atoms with Crippen molar-refractivity contribution in [2.75, 3.05) is 50.6 Å². The Hall–Kier alpha value is -3.55. The first-order valence-corrected chi connectivity index (χ1v) is 9.20. The summed E-state index contributed by atoms with van der Waals surface area (Å²) in [7, 11) is 2.65. The molecule has 3 rings (SSSR count). The molecule has 152 valence electrons. The molecule has 8 heteroatoms. The molecule has 0 bridgehead atoms. The molecule has 1 fully saturated rings. The van der Waals surface area contributed by atoms with Crippen molar-refractivity contribution in [2.45, 2.75) is 0 Å². The zero-order valence-corrected chi connectivity index (χ0v) is 16.4. The van der Waals surface area contributed by atoms with Crippen LogP contribution in [0.1, 0.15) is 20.7 Å². The van der Waals surface area contributed by atoms with Gasteiger partial charge in [-0.15, -0.1) is 0 Å². The van der Waals surface area contributed by atoms with Crippen LogP contribution in [0.4, 0.5) is 16.2 Å². The second-order valence-electron chi connectivity index (χ2n) is 6.48. The number of carbonyl (C=O) groups is 3. The van der Waals surface area contributed by atoms with Crippen LogP contribution in [0.2, 0.25) is 0 Å². The fourth-order valence-corrected chi connectivity index (χ4v) is 3.17. The molecule has 0 radical (unpaired) electrons. The average Bonchev–Trinajstić information content (AvgIpc) is 2.78. The summed E-state index contributed by atoms with van der Waals surface area (Å²) in [6.07, 6.45) is 0. The van der Waals surface area contributed by atoms with Crippen molar-refractivity contribution in [3.8, 4) is 0 Å². The van der Waals surface area contributed by atoms with Crippen LogP contribution in [0, 0.1) is 0 Å². The number of urea groups is 1. The largest absolute Gasteiger partial charge is 0.465 e. The lowest BCUT2D eigenvalue weighted by Crippen LogP contribution is -2.50. The Morgan fingerprint density at radius 2 is 1.45 bits per heavy atom. The maximum Gasteiger partial charge on any atom is 0.339 e. The van der Waals surface area contributed by atoms with Crippen LogP contribution >= 0.6 is 0 Å². The molecule has 1 N–H and O–H groups in total. The maximum atomic E-state index is 12.6. The van der Waals surface area contributed by atoms with Crippen molar-refractivity contribution in [3.05, 3.63) is 59.7 Å². The topological polar surface area (TPSA) is 88.2 Å². The molecule has 2 amide bonds. The highest BCUT2D eigenvalue weighted by atomic mass is 16.5. The van der Waals surface area contributed by atoms with Crippen molar-refractivity contribution in [1.82, 2.24) is 4.90 Å². The monoisotopic (exact) mass is 397 g/mol. The molecule has 0 spiro atoms. The van der Waals surface area contributed by atoms with E-state index >= 15 is 0 Å². The number of benzene rings is 2. The van der Waals surface area contributed by atoms with E-state index in [1.807, 2.05) is 12.1 Å². The van der Waals surface area contributed by atoms with Crippen LogP contribution in [0.3, 0.4) is 0 Å². The minimum atomic E-state index is -0.499. The van der Waals surface area contributed by atoms with Crippen LogP contribution in [-0.4, -0.2) is 63.3 Å². The van der Waals surface area contributed by atoms with E-state index in [1.165, 1.54) is 14.2 Å². The van der Waals surface area contributed by atoms with Crippen molar-refractivity contribution in [1.29, 1.82) is 0 Å². The predicted molar refractivity (Wildman–Crippen MR) is 108 cm³/mol. The molecule has 0 saturated carbocycles. The first kappa shape index (κ1) is 20.2. The highest BCUT2D eigenvalue weighted by Gasteiger charge is 2.23. The fraction of sp³-hybridized carbons (Fsp3) is 0.286. The summed E-state index contributed by atoms with van der Waals surface area (Å²) in [5.41, 5.74) is 2.21. The third-order valence-corrected chi connectivity index (χ3v) is 4.79. The number of anilines is 2. The molecule has 0 unspecified atom stereocenters. The summed E-state index contributed by atoms with van der Waals surface area (Å²) in [6, 6.07) is 13.7. The lowest BCUT2D eigenvalue weighted by molar-refractivity contribution is 0.0592. The predicted octanol–water partition coefficient (Wildman–Crippen LogP) is 2.61. The van der Waals surface area contributed by atoms with E-state index in [0.717, 1.165) is 5.69 Å². The highest BCUT2D eigenvalue weighted by Crippen LogP contribution is 2.20. The Balaban J connectivity index is 1.59. The van der Waals surface area contributed by atoms with Crippen LogP contribution in [-0.2, 0) is 9.47 Å². The molecule has 29 heavy (non-hydrogen) atoms. The Bertz CT molecular complexity index is 889. The number of nitrogens with one attached hydrogen (secondary N) is 1. The number of piperazine rings is 1. The summed E-state index contributed by atoms with van der Waals surface area (Å²) in [5.74, 6) is -0.869. The molecule has 0 atom stereocenters. The van der Waals surface area contributed by atoms with E-state index in [1.54, 1.807) is 41.3 Å². The van der Waals surface area contributed by atoms with E-state index < -0.39 is 5.97 Å². The zero-order chi connectivity index (χ0) is 20.8. The first-order chi connectivity index (χ1) is 14.0. The van der Waals surface area contributed by atoms with Gasteiger partial charge in [0.25, 0.3) is 0 Å². The molecule has 0 aromatic heterocycles. The van der Waals surface area contributed by atoms with Gasteiger partial charge in [-0.2, -0.15) is 0 Å². The second-order valence-corrected chi connectivity index (χ2v) is 6.48. The van der Waals surface area contributed by atoms with Crippen LogP contribution in [0.25, 0.3) is 0 Å². The van der Waals surface area contributed by atoms with Gasteiger partial charge in [0.1, 0.15) is 0 Å². The molecule has 2 aromatic carbocycles. The smallest absolute Gasteiger partial charge is 0.339 e. The Kier molecular flexibility index (Phi) is 6.33. The van der Waals surface area contributed by atoms with Gasteiger partial charge in [-0.25, -0.2) is 14.4 Å². The minimum absolute atomic E-state index is 0.262. The van der Waals surface area contributed by atoms with E-state index in [0.29, 0.717) is 43.0 Å². The molecule has 1 saturated heterocycles. The molecule has 1 aliphatic rings. The standard InChI is InChI=1S/C21H23N3O5/c1-28-19(25)15-7-9-16(10-8-15)23-11-13-24(14-12-23)21(27)22-18-6-4-3-5-17(18)20(26)29-2/h3-10H,11-14H2,1-2H3,(H,22,27). The van der Waals surface area contributed by atoms with E-state index in [9.17, 15) is 14.4 Å². The molecule has 1 heterocycles. The van der Waals surface area contributed by atoms with Gasteiger partial charge >= 0.3 is 18.0 Å². The second kappa shape index (κ2) is 9.09. The Labute approximate surface area is 169 Å².